The number of halogens is 2. The molecule has 11 heteroatoms. The monoisotopic (exact) mass is 567 g/mol. The predicted molar refractivity (Wildman–Crippen MR) is 151 cm³/mol. The average molecular weight is 569 g/mol. The van der Waals surface area contributed by atoms with Crippen LogP contribution in [0.4, 0.5) is 0 Å². The average Bonchev–Trinajstić information content (AvgIpc) is 3.60. The van der Waals surface area contributed by atoms with E-state index < -0.39 is 0 Å². The lowest BCUT2D eigenvalue weighted by atomic mass is 9.95. The third-order valence-corrected chi connectivity index (χ3v) is 7.50. The molecule has 4 aromatic rings. The Hall–Kier alpha value is -3.24. The third kappa shape index (κ3) is 6.17. The molecular weight excluding hydrogens is 537 g/mol. The van der Waals surface area contributed by atoms with Gasteiger partial charge >= 0.3 is 0 Å². The zero-order chi connectivity index (χ0) is 27.5. The van der Waals surface area contributed by atoms with Crippen LogP contribution in [0.2, 0.25) is 10.3 Å². The first kappa shape index (κ1) is 27.3. The van der Waals surface area contributed by atoms with Crippen LogP contribution >= 0.6 is 23.2 Å². The quantitative estimate of drug-likeness (QED) is 0.307. The maximum absolute atomic E-state index is 13.6. The lowest BCUT2D eigenvalue weighted by Gasteiger charge is -2.21. The highest BCUT2D eigenvalue weighted by molar-refractivity contribution is 6.32. The number of carbonyl (C=O) groups is 1. The van der Waals surface area contributed by atoms with Crippen LogP contribution in [0.1, 0.15) is 22.7 Å². The fraction of sp³-hybridized carbons (Fsp3) is 0.357. The van der Waals surface area contributed by atoms with Gasteiger partial charge in [0.2, 0.25) is 5.91 Å². The van der Waals surface area contributed by atoms with Crippen LogP contribution < -0.4 is 5.32 Å². The minimum Gasteiger partial charge on any atom is -0.383 e. The van der Waals surface area contributed by atoms with E-state index in [1.165, 1.54) is 0 Å². The van der Waals surface area contributed by atoms with Crippen LogP contribution in [-0.2, 0) is 23.0 Å². The number of para-hydroxylation sites is 1. The van der Waals surface area contributed by atoms with Gasteiger partial charge in [0.15, 0.2) is 0 Å². The maximum atomic E-state index is 13.6. The molecule has 0 unspecified atom stereocenters. The van der Waals surface area contributed by atoms with Crippen molar-refractivity contribution in [2.75, 3.05) is 33.4 Å². The number of amides is 1. The Balaban J connectivity index is 1.42. The zero-order valence-corrected chi connectivity index (χ0v) is 23.7. The van der Waals surface area contributed by atoms with E-state index in [0.717, 1.165) is 46.9 Å². The summed E-state index contributed by atoms with van der Waals surface area (Å²) in [6.07, 6.45) is 3.89. The number of likely N-dealkylation sites (tertiary alicyclic amines) is 1. The summed E-state index contributed by atoms with van der Waals surface area (Å²) in [5.41, 5.74) is 5.33. The van der Waals surface area contributed by atoms with Crippen LogP contribution in [0.5, 0.6) is 0 Å². The Kier molecular flexibility index (Phi) is 8.32. The van der Waals surface area contributed by atoms with Crippen LogP contribution in [0.15, 0.2) is 54.9 Å². The fourth-order valence-electron chi connectivity index (χ4n) is 5.22. The molecule has 1 aliphatic rings. The Morgan fingerprint density at radius 1 is 1.15 bits per heavy atom. The molecule has 5 rings (SSSR count). The van der Waals surface area contributed by atoms with Gasteiger partial charge in [-0.3, -0.25) is 14.4 Å². The molecule has 204 valence electrons. The van der Waals surface area contributed by atoms with Crippen molar-refractivity contribution < 1.29 is 9.53 Å². The molecule has 3 aromatic heterocycles. The topological polar surface area (TPSA) is 90.1 Å². The summed E-state index contributed by atoms with van der Waals surface area (Å²) in [5, 5.41) is 13.2. The highest BCUT2D eigenvalue weighted by Gasteiger charge is 2.35. The number of ether oxygens (including phenoxy) is 1. The van der Waals surface area contributed by atoms with Gasteiger partial charge in [-0.25, -0.2) is 9.67 Å². The first-order valence-corrected chi connectivity index (χ1v) is 13.5. The van der Waals surface area contributed by atoms with E-state index in [2.05, 4.69) is 20.3 Å². The molecule has 0 spiro atoms. The zero-order valence-electron chi connectivity index (χ0n) is 22.1. The highest BCUT2D eigenvalue weighted by Crippen LogP contribution is 2.31. The number of hydrogen-bond donors (Lipinski definition) is 1. The molecule has 0 saturated carbocycles. The molecule has 4 heterocycles. The lowest BCUT2D eigenvalue weighted by molar-refractivity contribution is -0.121. The summed E-state index contributed by atoms with van der Waals surface area (Å²) in [4.78, 5) is 20.0. The Morgan fingerprint density at radius 3 is 2.56 bits per heavy atom. The van der Waals surface area contributed by atoms with Crippen LogP contribution in [0.25, 0.3) is 16.9 Å². The van der Waals surface area contributed by atoms with E-state index in [0.29, 0.717) is 23.5 Å². The van der Waals surface area contributed by atoms with Crippen molar-refractivity contribution in [2.45, 2.75) is 25.3 Å². The van der Waals surface area contributed by atoms with Gasteiger partial charge in [-0.2, -0.15) is 10.2 Å². The molecule has 9 nitrogen and oxygen atoms in total. The minimum atomic E-state index is -0.130. The molecule has 1 aliphatic heterocycles. The number of nitrogens with zero attached hydrogens (tertiary/aromatic N) is 6. The van der Waals surface area contributed by atoms with Crippen molar-refractivity contribution in [2.24, 2.45) is 7.05 Å². The molecule has 1 saturated heterocycles. The number of aromatic nitrogens is 5. The second-order valence-corrected chi connectivity index (χ2v) is 10.6. The summed E-state index contributed by atoms with van der Waals surface area (Å²) in [5.74, 6) is -0.0716. The molecule has 0 radical (unpaired) electrons. The number of methoxy groups -OCH3 is 1. The number of carbonyl (C=O) groups excluding carboxylic acids is 1. The molecule has 1 N–H and O–H groups in total. The van der Waals surface area contributed by atoms with E-state index in [1.54, 1.807) is 18.0 Å². The molecule has 1 amide bonds. The van der Waals surface area contributed by atoms with Crippen LogP contribution in [0, 0.1) is 6.92 Å². The fourth-order valence-corrected chi connectivity index (χ4v) is 5.70. The first-order chi connectivity index (χ1) is 18.8. The highest BCUT2D eigenvalue weighted by atomic mass is 35.5. The van der Waals surface area contributed by atoms with Gasteiger partial charge in [0.1, 0.15) is 10.3 Å². The van der Waals surface area contributed by atoms with Crippen LogP contribution in [-0.4, -0.2) is 74.7 Å². The van der Waals surface area contributed by atoms with Gasteiger partial charge in [0.25, 0.3) is 0 Å². The van der Waals surface area contributed by atoms with Crippen molar-refractivity contribution in [1.82, 2.24) is 34.8 Å². The molecule has 0 aliphatic carbocycles. The number of pyridine rings is 1. The number of aryl methyl sites for hydroxylation is 1. The van der Waals surface area contributed by atoms with Gasteiger partial charge in [0, 0.05) is 57.5 Å². The molecule has 39 heavy (non-hydrogen) atoms. The second kappa shape index (κ2) is 11.9. The standard InChI is InChI=1S/C28H31Cl2N7O2/c1-18-24(37(21-7-5-4-6-8-21)34-28(18)20-14-31-35(2)15-20)13-27(38)32-23-17-36(9-10-39-3)16-22(23)19-11-25(29)33-26(30)12-19/h4-8,11-12,14-15,22-23H,9-10,13,16-17H2,1-3H3,(H,32,38)/t22-,23+/m0/s1. The number of nitrogens with one attached hydrogen (secondary N) is 1. The Bertz CT molecular complexity index is 1430. The Morgan fingerprint density at radius 2 is 1.90 bits per heavy atom. The second-order valence-electron chi connectivity index (χ2n) is 9.83. The third-order valence-electron chi connectivity index (χ3n) is 7.12. The van der Waals surface area contributed by atoms with E-state index >= 15 is 0 Å². The largest absolute Gasteiger partial charge is 0.383 e. The normalized spacial score (nSPS) is 17.6. The first-order valence-electron chi connectivity index (χ1n) is 12.8. The number of hydrogen-bond acceptors (Lipinski definition) is 6. The summed E-state index contributed by atoms with van der Waals surface area (Å²) in [6.45, 7) is 4.81. The summed E-state index contributed by atoms with van der Waals surface area (Å²) in [6, 6.07) is 13.4. The van der Waals surface area contributed by atoms with Crippen molar-refractivity contribution in [1.29, 1.82) is 0 Å². The van der Waals surface area contributed by atoms with Crippen molar-refractivity contribution >= 4 is 29.1 Å². The number of rotatable bonds is 9. The molecule has 0 bridgehead atoms. The summed E-state index contributed by atoms with van der Waals surface area (Å²) >= 11 is 12.4. The van der Waals surface area contributed by atoms with Crippen molar-refractivity contribution in [3.05, 3.63) is 82.0 Å². The van der Waals surface area contributed by atoms with E-state index in [1.807, 2.05) is 67.3 Å². The van der Waals surface area contributed by atoms with E-state index in [-0.39, 0.29) is 24.3 Å². The molecule has 1 fully saturated rings. The van der Waals surface area contributed by atoms with Gasteiger partial charge in [-0.1, -0.05) is 41.4 Å². The molecule has 1 aromatic carbocycles. The van der Waals surface area contributed by atoms with Gasteiger partial charge in [0.05, 0.1) is 36.3 Å². The summed E-state index contributed by atoms with van der Waals surface area (Å²) < 4.78 is 8.89. The van der Waals surface area contributed by atoms with Gasteiger partial charge in [-0.05, 0) is 42.3 Å². The van der Waals surface area contributed by atoms with E-state index in [4.69, 9.17) is 33.0 Å². The van der Waals surface area contributed by atoms with E-state index in [9.17, 15) is 4.79 Å². The van der Waals surface area contributed by atoms with Crippen molar-refractivity contribution in [3.8, 4) is 16.9 Å². The minimum absolute atomic E-state index is 0.00916. The van der Waals surface area contributed by atoms with Gasteiger partial charge in [-0.15, -0.1) is 0 Å². The lowest BCUT2D eigenvalue weighted by Crippen LogP contribution is -2.41. The summed E-state index contributed by atoms with van der Waals surface area (Å²) in [7, 11) is 3.56. The van der Waals surface area contributed by atoms with Gasteiger partial charge < -0.3 is 10.1 Å². The molecule has 2 atom stereocenters. The SMILES string of the molecule is COCCN1C[C@@H](NC(=O)Cc2c(C)c(-c3cnn(C)c3)nn2-c2ccccc2)[C@H](c2cc(Cl)nc(Cl)c2)C1. The smallest absolute Gasteiger partial charge is 0.226 e. The van der Waals surface area contributed by atoms with Crippen molar-refractivity contribution in [3.63, 3.8) is 0 Å². The Labute approximate surface area is 237 Å². The maximum Gasteiger partial charge on any atom is 0.226 e. The van der Waals surface area contributed by atoms with Crippen LogP contribution in [0.3, 0.4) is 0 Å². The predicted octanol–water partition coefficient (Wildman–Crippen LogP) is 4.06. The molecular formula is C28H31Cl2N7O2. The number of benzene rings is 1.